The van der Waals surface area contributed by atoms with Crippen molar-refractivity contribution in [2.75, 3.05) is 36.4 Å². The van der Waals surface area contributed by atoms with Crippen LogP contribution in [0.5, 0.6) is 0 Å². The zero-order chi connectivity index (χ0) is 25.0. The number of rotatable bonds is 4. The van der Waals surface area contributed by atoms with Crippen molar-refractivity contribution in [2.24, 2.45) is 0 Å². The van der Waals surface area contributed by atoms with Gasteiger partial charge in [0.1, 0.15) is 11.6 Å². The molecule has 6 nitrogen and oxygen atoms in total. The summed E-state index contributed by atoms with van der Waals surface area (Å²) in [5.74, 6) is -0.724. The number of benzene rings is 2. The Bertz CT molecular complexity index is 1210. The van der Waals surface area contributed by atoms with Gasteiger partial charge < -0.3 is 15.1 Å². The normalized spacial score (nSPS) is 14.4. The summed E-state index contributed by atoms with van der Waals surface area (Å²) < 4.78 is 52.2. The second kappa shape index (κ2) is 10.1. The third-order valence-electron chi connectivity index (χ3n) is 5.64. The molecule has 182 valence electrons. The van der Waals surface area contributed by atoms with E-state index in [4.69, 9.17) is 0 Å². The van der Waals surface area contributed by atoms with Gasteiger partial charge in [0, 0.05) is 37.3 Å². The van der Waals surface area contributed by atoms with Gasteiger partial charge in [-0.15, -0.1) is 0 Å². The van der Waals surface area contributed by atoms with Crippen molar-refractivity contribution in [2.45, 2.75) is 12.6 Å². The molecule has 35 heavy (non-hydrogen) atoms. The summed E-state index contributed by atoms with van der Waals surface area (Å²) in [6, 6.07) is 13.1. The minimum Gasteiger partial charge on any atom is -0.355 e. The van der Waals surface area contributed by atoms with Crippen molar-refractivity contribution in [1.82, 2.24) is 9.88 Å². The lowest BCUT2D eigenvalue weighted by molar-refractivity contribution is -0.137. The van der Waals surface area contributed by atoms with Gasteiger partial charge >= 0.3 is 6.18 Å². The summed E-state index contributed by atoms with van der Waals surface area (Å²) in [6.45, 7) is 2.13. The van der Waals surface area contributed by atoms with Gasteiger partial charge in [-0.1, -0.05) is 12.1 Å². The van der Waals surface area contributed by atoms with Gasteiger partial charge in [-0.2, -0.15) is 13.2 Å². The maximum absolute atomic E-state index is 13.5. The molecule has 1 fully saturated rings. The molecule has 3 aromatic rings. The number of hydrogen-bond acceptors (Lipinski definition) is 4. The first-order chi connectivity index (χ1) is 16.7. The molecule has 2 heterocycles. The third kappa shape index (κ3) is 5.95. The monoisotopic (exact) mass is 486 g/mol. The lowest BCUT2D eigenvalue weighted by Gasteiger charge is -2.23. The maximum Gasteiger partial charge on any atom is 0.416 e. The Balaban J connectivity index is 1.37. The highest BCUT2D eigenvalue weighted by atomic mass is 19.4. The average Bonchev–Trinajstić information content (AvgIpc) is 3.10. The lowest BCUT2D eigenvalue weighted by Crippen LogP contribution is -2.35. The fraction of sp³-hybridized carbons (Fsp3) is 0.240. The lowest BCUT2D eigenvalue weighted by atomic mass is 10.1. The molecule has 0 atom stereocenters. The van der Waals surface area contributed by atoms with Crippen LogP contribution < -0.4 is 10.2 Å². The average molecular weight is 486 g/mol. The van der Waals surface area contributed by atoms with Crippen LogP contribution in [-0.2, 0) is 6.18 Å². The van der Waals surface area contributed by atoms with E-state index in [1.54, 1.807) is 23.1 Å². The van der Waals surface area contributed by atoms with E-state index in [9.17, 15) is 27.2 Å². The number of pyridine rings is 1. The molecule has 2 aromatic carbocycles. The van der Waals surface area contributed by atoms with E-state index in [0.717, 1.165) is 12.1 Å². The molecule has 1 N–H and O–H groups in total. The van der Waals surface area contributed by atoms with E-state index in [1.807, 2.05) is 4.90 Å². The van der Waals surface area contributed by atoms with Gasteiger partial charge in [0.25, 0.3) is 11.8 Å². The Morgan fingerprint density at radius 1 is 0.886 bits per heavy atom. The van der Waals surface area contributed by atoms with Crippen LogP contribution in [0.15, 0.2) is 66.9 Å². The van der Waals surface area contributed by atoms with E-state index in [0.29, 0.717) is 49.7 Å². The maximum atomic E-state index is 13.5. The fourth-order valence-corrected chi connectivity index (χ4v) is 3.84. The second-order valence-corrected chi connectivity index (χ2v) is 8.08. The van der Waals surface area contributed by atoms with Gasteiger partial charge in [0.15, 0.2) is 0 Å². The van der Waals surface area contributed by atoms with Crippen molar-refractivity contribution < 1.29 is 27.2 Å². The minimum absolute atomic E-state index is 0.112. The van der Waals surface area contributed by atoms with Crippen LogP contribution in [0, 0.1) is 5.82 Å². The quantitative estimate of drug-likeness (QED) is 0.536. The molecule has 0 saturated carbocycles. The summed E-state index contributed by atoms with van der Waals surface area (Å²) in [4.78, 5) is 33.1. The van der Waals surface area contributed by atoms with Crippen LogP contribution in [0.2, 0.25) is 0 Å². The topological polar surface area (TPSA) is 65.5 Å². The molecule has 0 radical (unpaired) electrons. The molecule has 0 bridgehead atoms. The predicted octanol–water partition coefficient (Wildman–Crippen LogP) is 4.84. The first-order valence-corrected chi connectivity index (χ1v) is 11.0. The fourth-order valence-electron chi connectivity index (χ4n) is 3.84. The first-order valence-electron chi connectivity index (χ1n) is 11.0. The molecule has 0 aliphatic carbocycles. The van der Waals surface area contributed by atoms with E-state index >= 15 is 0 Å². The number of halogens is 4. The van der Waals surface area contributed by atoms with Crippen LogP contribution in [0.25, 0.3) is 0 Å². The number of amides is 2. The second-order valence-electron chi connectivity index (χ2n) is 8.08. The third-order valence-corrected chi connectivity index (χ3v) is 5.64. The summed E-state index contributed by atoms with van der Waals surface area (Å²) in [5.41, 5.74) is -0.365. The number of anilines is 2. The van der Waals surface area contributed by atoms with Crippen LogP contribution in [0.4, 0.5) is 29.1 Å². The molecule has 10 heteroatoms. The van der Waals surface area contributed by atoms with Crippen LogP contribution in [0.1, 0.15) is 32.7 Å². The number of aromatic nitrogens is 1. The number of carbonyl (C=O) groups excluding carboxylic acids is 2. The SMILES string of the molecule is O=C(Nc1ccc(N2CCCN(C(=O)c3cccc(F)c3)CC2)nc1)c1cccc(C(F)(F)F)c1. The number of nitrogens with one attached hydrogen (secondary N) is 1. The summed E-state index contributed by atoms with van der Waals surface area (Å²) in [7, 11) is 0. The summed E-state index contributed by atoms with van der Waals surface area (Å²) in [5, 5.41) is 2.55. The smallest absolute Gasteiger partial charge is 0.355 e. The van der Waals surface area contributed by atoms with Crippen molar-refractivity contribution >= 4 is 23.3 Å². The Morgan fingerprint density at radius 3 is 2.37 bits per heavy atom. The van der Waals surface area contributed by atoms with E-state index in [-0.39, 0.29) is 11.5 Å². The number of hydrogen-bond donors (Lipinski definition) is 1. The van der Waals surface area contributed by atoms with E-state index < -0.39 is 23.5 Å². The molecule has 1 aliphatic heterocycles. The molecular formula is C25H22F4N4O2. The zero-order valence-electron chi connectivity index (χ0n) is 18.6. The molecular weight excluding hydrogens is 464 g/mol. The standard InChI is InChI=1S/C25H22F4N4O2/c26-20-7-2-5-18(15-20)24(35)33-11-3-10-32(12-13-33)22-9-8-21(16-30-22)31-23(34)17-4-1-6-19(14-17)25(27,28)29/h1-2,4-9,14-16H,3,10-13H2,(H,31,34). The first kappa shape index (κ1) is 24.2. The largest absolute Gasteiger partial charge is 0.416 e. The van der Waals surface area contributed by atoms with Crippen molar-refractivity contribution in [3.63, 3.8) is 0 Å². The molecule has 4 rings (SSSR count). The van der Waals surface area contributed by atoms with Crippen LogP contribution in [-0.4, -0.2) is 47.9 Å². The Kier molecular flexibility index (Phi) is 6.99. The number of nitrogens with zero attached hydrogens (tertiary/aromatic N) is 3. The highest BCUT2D eigenvalue weighted by Gasteiger charge is 2.31. The van der Waals surface area contributed by atoms with Crippen LogP contribution >= 0.6 is 0 Å². The van der Waals surface area contributed by atoms with Gasteiger partial charge in [-0.3, -0.25) is 9.59 Å². The molecule has 0 unspecified atom stereocenters. The highest BCUT2D eigenvalue weighted by Crippen LogP contribution is 2.29. The predicted molar refractivity (Wildman–Crippen MR) is 123 cm³/mol. The van der Waals surface area contributed by atoms with Gasteiger partial charge in [0.2, 0.25) is 0 Å². The van der Waals surface area contributed by atoms with E-state index in [2.05, 4.69) is 10.3 Å². The number of alkyl halides is 3. The Hall–Kier alpha value is -3.95. The van der Waals surface area contributed by atoms with Gasteiger partial charge in [-0.05, 0) is 55.0 Å². The molecule has 0 spiro atoms. The summed E-state index contributed by atoms with van der Waals surface area (Å²) in [6.07, 6.45) is -2.41. The minimum atomic E-state index is -4.54. The van der Waals surface area contributed by atoms with E-state index in [1.165, 1.54) is 36.5 Å². The van der Waals surface area contributed by atoms with Crippen LogP contribution in [0.3, 0.4) is 0 Å². The Labute approximate surface area is 199 Å². The van der Waals surface area contributed by atoms with Gasteiger partial charge in [-0.25, -0.2) is 9.37 Å². The van der Waals surface area contributed by atoms with Crippen molar-refractivity contribution in [3.8, 4) is 0 Å². The zero-order valence-corrected chi connectivity index (χ0v) is 18.6. The van der Waals surface area contributed by atoms with Gasteiger partial charge in [0.05, 0.1) is 17.4 Å². The summed E-state index contributed by atoms with van der Waals surface area (Å²) >= 11 is 0. The molecule has 1 aliphatic rings. The number of carbonyl (C=O) groups is 2. The molecule has 2 amide bonds. The van der Waals surface area contributed by atoms with Crippen molar-refractivity contribution in [3.05, 3.63) is 89.4 Å². The highest BCUT2D eigenvalue weighted by molar-refractivity contribution is 6.04. The molecule has 1 aromatic heterocycles. The molecule has 1 saturated heterocycles. The Morgan fingerprint density at radius 2 is 1.66 bits per heavy atom. The van der Waals surface area contributed by atoms with Crippen molar-refractivity contribution in [1.29, 1.82) is 0 Å².